The van der Waals surface area contributed by atoms with Crippen molar-refractivity contribution in [1.82, 2.24) is 0 Å². The Labute approximate surface area is 42.8 Å². The zero-order valence-electron chi connectivity index (χ0n) is 3.29. The molecule has 1 fully saturated rings. The zero-order valence-corrected chi connectivity index (χ0v) is 4.11. The average Bonchev–Trinajstić information content (AvgIpc) is 1.79. The van der Waals surface area contributed by atoms with Gasteiger partial charge in [-0.25, -0.2) is 0 Å². The van der Waals surface area contributed by atoms with Gasteiger partial charge < -0.3 is 10.8 Å². The minimum absolute atomic E-state index is 0. The molecule has 0 aromatic heterocycles. The lowest BCUT2D eigenvalue weighted by atomic mass is 10.8. The maximum Gasteiger partial charge on any atom is 0.0707 e. The molecule has 0 heterocycles. The molecule has 0 saturated heterocycles. The monoisotopic (exact) mass is 109 g/mol. The van der Waals surface area contributed by atoms with Crippen LogP contribution < -0.4 is 5.73 Å². The highest BCUT2D eigenvalue weighted by Gasteiger charge is 2.30. The normalized spacial score (nSPS) is 41.0. The Morgan fingerprint density at radius 1 is 1.67 bits per heavy atom. The van der Waals surface area contributed by atoms with Crippen molar-refractivity contribution in [3.05, 3.63) is 0 Å². The summed E-state index contributed by atoms with van der Waals surface area (Å²) in [5.74, 6) is 0. The molecule has 0 aliphatic heterocycles. The molecule has 0 aromatic carbocycles. The number of halogens is 1. The van der Waals surface area contributed by atoms with Crippen molar-refractivity contribution in [2.24, 2.45) is 5.73 Å². The standard InChI is InChI=1S/C3H7NO.ClH/c4-2-1-3(2)5;/h2-3,5H,1,4H2;1H/t2-,3+;/m1./s1. The summed E-state index contributed by atoms with van der Waals surface area (Å²) >= 11 is 0. The molecule has 1 aliphatic rings. The Morgan fingerprint density at radius 2 is 1.83 bits per heavy atom. The fraction of sp³-hybridized carbons (Fsp3) is 1.00. The fourth-order valence-electron chi connectivity index (χ4n) is 0.200. The third-order valence-corrected chi connectivity index (χ3v) is 0.805. The van der Waals surface area contributed by atoms with E-state index >= 15 is 0 Å². The number of aliphatic hydroxyl groups excluding tert-OH is 1. The Kier molecular flexibility index (Phi) is 1.84. The summed E-state index contributed by atoms with van der Waals surface area (Å²) in [6, 6.07) is 0.106. The van der Waals surface area contributed by atoms with Crippen LogP contribution in [0.25, 0.3) is 0 Å². The van der Waals surface area contributed by atoms with Crippen LogP contribution in [0.1, 0.15) is 6.42 Å². The molecule has 2 atom stereocenters. The van der Waals surface area contributed by atoms with Crippen molar-refractivity contribution in [1.29, 1.82) is 0 Å². The predicted octanol–water partition coefficient (Wildman–Crippen LogP) is -0.500. The summed E-state index contributed by atoms with van der Waals surface area (Å²) in [4.78, 5) is 0. The van der Waals surface area contributed by atoms with Crippen LogP contribution in [0.5, 0.6) is 0 Å². The third kappa shape index (κ3) is 1.12. The van der Waals surface area contributed by atoms with Gasteiger partial charge in [0.25, 0.3) is 0 Å². The molecule has 0 radical (unpaired) electrons. The molecule has 0 unspecified atom stereocenters. The van der Waals surface area contributed by atoms with E-state index in [0.717, 1.165) is 6.42 Å². The van der Waals surface area contributed by atoms with Gasteiger partial charge in [-0.05, 0) is 6.42 Å². The van der Waals surface area contributed by atoms with Crippen LogP contribution in [0, 0.1) is 0 Å². The van der Waals surface area contributed by atoms with Crippen LogP contribution in [0.3, 0.4) is 0 Å². The zero-order chi connectivity index (χ0) is 3.86. The van der Waals surface area contributed by atoms with Crippen LogP contribution in [0.4, 0.5) is 0 Å². The molecule has 0 spiro atoms. The van der Waals surface area contributed by atoms with E-state index in [9.17, 15) is 0 Å². The number of hydrogen-bond acceptors (Lipinski definition) is 2. The molecule has 0 bridgehead atoms. The lowest BCUT2D eigenvalue weighted by Gasteiger charge is -1.70. The molecular formula is C3H8ClNO. The van der Waals surface area contributed by atoms with Crippen LogP contribution in [0.2, 0.25) is 0 Å². The lowest BCUT2D eigenvalue weighted by molar-refractivity contribution is 0.272. The van der Waals surface area contributed by atoms with Gasteiger partial charge in [-0.2, -0.15) is 0 Å². The second-order valence-electron chi connectivity index (χ2n) is 1.47. The molecular weight excluding hydrogens is 101 g/mol. The average molecular weight is 110 g/mol. The van der Waals surface area contributed by atoms with Gasteiger partial charge in [0.1, 0.15) is 0 Å². The van der Waals surface area contributed by atoms with E-state index in [1.807, 2.05) is 0 Å². The Morgan fingerprint density at radius 3 is 1.83 bits per heavy atom. The maximum atomic E-state index is 8.31. The Balaban J connectivity index is 0.000000250. The van der Waals surface area contributed by atoms with Crippen molar-refractivity contribution in [3.63, 3.8) is 0 Å². The lowest BCUT2D eigenvalue weighted by Crippen LogP contribution is -2.03. The van der Waals surface area contributed by atoms with Gasteiger partial charge in [0, 0.05) is 6.04 Å². The first-order valence-corrected chi connectivity index (χ1v) is 1.74. The second-order valence-corrected chi connectivity index (χ2v) is 1.47. The largest absolute Gasteiger partial charge is 0.391 e. The first-order valence-electron chi connectivity index (χ1n) is 1.74. The molecule has 1 rings (SSSR count). The van der Waals surface area contributed by atoms with E-state index in [-0.39, 0.29) is 24.6 Å². The van der Waals surface area contributed by atoms with Crippen LogP contribution in [-0.4, -0.2) is 17.3 Å². The SMILES string of the molecule is Cl.N[C@@H]1C[C@@H]1O. The maximum absolute atomic E-state index is 8.31. The summed E-state index contributed by atoms with van der Waals surface area (Å²) in [6.45, 7) is 0. The van der Waals surface area contributed by atoms with Crippen LogP contribution in [-0.2, 0) is 0 Å². The number of rotatable bonds is 0. The summed E-state index contributed by atoms with van der Waals surface area (Å²) in [6.07, 6.45) is 0.634. The summed E-state index contributed by atoms with van der Waals surface area (Å²) < 4.78 is 0. The third-order valence-electron chi connectivity index (χ3n) is 0.805. The second kappa shape index (κ2) is 1.78. The summed E-state index contributed by atoms with van der Waals surface area (Å²) in [7, 11) is 0. The van der Waals surface area contributed by atoms with Gasteiger partial charge in [-0.15, -0.1) is 12.4 Å². The number of aliphatic hydroxyl groups is 1. The molecule has 6 heavy (non-hydrogen) atoms. The molecule has 1 saturated carbocycles. The van der Waals surface area contributed by atoms with Crippen molar-refractivity contribution in [3.8, 4) is 0 Å². The molecule has 1 aliphatic carbocycles. The first kappa shape index (κ1) is 6.21. The molecule has 2 nitrogen and oxygen atoms in total. The molecule has 3 N–H and O–H groups in total. The minimum atomic E-state index is -0.171. The molecule has 0 aromatic rings. The van der Waals surface area contributed by atoms with Gasteiger partial charge in [-0.3, -0.25) is 0 Å². The van der Waals surface area contributed by atoms with E-state index in [0.29, 0.717) is 0 Å². The van der Waals surface area contributed by atoms with E-state index < -0.39 is 0 Å². The van der Waals surface area contributed by atoms with Gasteiger partial charge in [0.2, 0.25) is 0 Å². The van der Waals surface area contributed by atoms with Gasteiger partial charge >= 0.3 is 0 Å². The highest BCUT2D eigenvalue weighted by atomic mass is 35.5. The quantitative estimate of drug-likeness (QED) is 0.441. The van der Waals surface area contributed by atoms with E-state index in [2.05, 4.69) is 0 Å². The van der Waals surface area contributed by atoms with Crippen LogP contribution >= 0.6 is 12.4 Å². The van der Waals surface area contributed by atoms with Gasteiger partial charge in [0.05, 0.1) is 6.10 Å². The van der Waals surface area contributed by atoms with Crippen molar-refractivity contribution in [2.45, 2.75) is 18.6 Å². The Bertz CT molecular complexity index is 44.1. The number of hydrogen-bond donors (Lipinski definition) is 2. The molecule has 38 valence electrons. The minimum Gasteiger partial charge on any atom is -0.391 e. The van der Waals surface area contributed by atoms with Crippen molar-refractivity contribution < 1.29 is 5.11 Å². The van der Waals surface area contributed by atoms with Crippen molar-refractivity contribution >= 4 is 12.4 Å². The molecule has 3 heteroatoms. The van der Waals surface area contributed by atoms with Crippen LogP contribution in [0.15, 0.2) is 0 Å². The van der Waals surface area contributed by atoms with Crippen molar-refractivity contribution in [2.75, 3.05) is 0 Å². The first-order chi connectivity index (χ1) is 2.30. The highest BCUT2D eigenvalue weighted by Crippen LogP contribution is 2.15. The smallest absolute Gasteiger partial charge is 0.0707 e. The predicted molar refractivity (Wildman–Crippen MR) is 25.8 cm³/mol. The van der Waals surface area contributed by atoms with E-state index in [4.69, 9.17) is 10.8 Å². The van der Waals surface area contributed by atoms with E-state index in [1.54, 1.807) is 0 Å². The number of nitrogens with two attached hydrogens (primary N) is 1. The Hall–Kier alpha value is 0.210. The van der Waals surface area contributed by atoms with Gasteiger partial charge in [-0.1, -0.05) is 0 Å². The van der Waals surface area contributed by atoms with Gasteiger partial charge in [0.15, 0.2) is 0 Å². The fourth-order valence-corrected chi connectivity index (χ4v) is 0.200. The topological polar surface area (TPSA) is 46.2 Å². The molecule has 0 amide bonds. The summed E-state index contributed by atoms with van der Waals surface area (Å²) in [5, 5.41) is 8.31. The highest BCUT2D eigenvalue weighted by molar-refractivity contribution is 5.85. The van der Waals surface area contributed by atoms with E-state index in [1.165, 1.54) is 0 Å². The summed E-state index contributed by atoms with van der Waals surface area (Å²) in [5.41, 5.74) is 5.12.